The van der Waals surface area contributed by atoms with Crippen LogP contribution in [0.25, 0.3) is 26.1 Å². The SMILES string of the molecule is CC.COc1ccc(-n2cnc3c(sc4nccc(N(C)C)c43)c2=O)cc1. The number of fused-ring (bicyclic) bond motifs is 3. The van der Waals surface area contributed by atoms with Crippen molar-refractivity contribution in [2.24, 2.45) is 0 Å². The second kappa shape index (κ2) is 7.75. The molecule has 3 heterocycles. The summed E-state index contributed by atoms with van der Waals surface area (Å²) in [6, 6.07) is 9.26. The summed E-state index contributed by atoms with van der Waals surface area (Å²) in [5.41, 5.74) is 2.36. The van der Waals surface area contributed by atoms with Crippen molar-refractivity contribution in [1.29, 1.82) is 0 Å². The van der Waals surface area contributed by atoms with Crippen LogP contribution in [0.1, 0.15) is 13.8 Å². The van der Waals surface area contributed by atoms with Crippen LogP contribution < -0.4 is 15.2 Å². The number of nitrogens with zero attached hydrogens (tertiary/aromatic N) is 4. The fourth-order valence-electron chi connectivity index (χ4n) is 2.84. The molecule has 0 fully saturated rings. The Morgan fingerprint density at radius 2 is 1.78 bits per heavy atom. The molecule has 0 spiro atoms. The van der Waals surface area contributed by atoms with E-state index in [1.54, 1.807) is 24.2 Å². The normalized spacial score (nSPS) is 10.6. The minimum atomic E-state index is -0.0946. The van der Waals surface area contributed by atoms with Crippen molar-refractivity contribution in [3.05, 3.63) is 53.2 Å². The molecule has 27 heavy (non-hydrogen) atoms. The van der Waals surface area contributed by atoms with Crippen molar-refractivity contribution in [3.8, 4) is 11.4 Å². The van der Waals surface area contributed by atoms with Crippen LogP contribution >= 0.6 is 11.3 Å². The average Bonchev–Trinajstić information content (AvgIpc) is 3.09. The number of hydrogen-bond acceptors (Lipinski definition) is 6. The van der Waals surface area contributed by atoms with Gasteiger partial charge in [-0.2, -0.15) is 0 Å². The fraction of sp³-hybridized carbons (Fsp3) is 0.250. The molecular formula is C20H22N4O2S. The van der Waals surface area contributed by atoms with E-state index >= 15 is 0 Å². The lowest BCUT2D eigenvalue weighted by atomic mass is 10.2. The lowest BCUT2D eigenvalue weighted by Gasteiger charge is -2.13. The van der Waals surface area contributed by atoms with Gasteiger partial charge in [-0.15, -0.1) is 11.3 Å². The van der Waals surface area contributed by atoms with Crippen LogP contribution in [0.3, 0.4) is 0 Å². The number of methoxy groups -OCH3 is 1. The van der Waals surface area contributed by atoms with Crippen LogP contribution in [-0.4, -0.2) is 35.7 Å². The van der Waals surface area contributed by atoms with Gasteiger partial charge in [0.15, 0.2) is 0 Å². The van der Waals surface area contributed by atoms with Crippen LogP contribution in [0.15, 0.2) is 47.7 Å². The number of hydrogen-bond donors (Lipinski definition) is 0. The molecule has 0 radical (unpaired) electrons. The van der Waals surface area contributed by atoms with Gasteiger partial charge in [-0.3, -0.25) is 9.36 Å². The molecule has 0 N–H and O–H groups in total. The van der Waals surface area contributed by atoms with Gasteiger partial charge in [0.1, 0.15) is 21.6 Å². The van der Waals surface area contributed by atoms with Crippen LogP contribution in [0.2, 0.25) is 0 Å². The molecule has 0 atom stereocenters. The number of pyridine rings is 1. The van der Waals surface area contributed by atoms with Crippen molar-refractivity contribution in [2.45, 2.75) is 13.8 Å². The van der Waals surface area contributed by atoms with E-state index in [0.717, 1.165) is 27.3 Å². The van der Waals surface area contributed by atoms with E-state index in [1.165, 1.54) is 11.3 Å². The standard InChI is InChI=1S/C18H16N4O2S.C2H6/c1-21(2)13-8-9-19-17-14(13)15-16(25-17)18(23)22(10-20-15)11-4-6-12(24-3)7-5-11;1-2/h4-10H,1-3H3;1-2H3. The van der Waals surface area contributed by atoms with Gasteiger partial charge >= 0.3 is 0 Å². The third kappa shape index (κ3) is 3.26. The van der Waals surface area contributed by atoms with Crippen LogP contribution in [0.5, 0.6) is 5.75 Å². The molecule has 3 aromatic heterocycles. The quantitative estimate of drug-likeness (QED) is 0.534. The Morgan fingerprint density at radius 3 is 2.41 bits per heavy atom. The molecule has 6 nitrogen and oxygen atoms in total. The first-order chi connectivity index (χ1) is 13.1. The summed E-state index contributed by atoms with van der Waals surface area (Å²) in [5, 5.41) is 0.923. The second-order valence-electron chi connectivity index (χ2n) is 5.80. The number of rotatable bonds is 3. The zero-order valence-electron chi connectivity index (χ0n) is 16.1. The van der Waals surface area contributed by atoms with Crippen LogP contribution in [0, 0.1) is 0 Å². The molecule has 4 aromatic rings. The minimum Gasteiger partial charge on any atom is -0.497 e. The Balaban J connectivity index is 0.00000102. The van der Waals surface area contributed by atoms with Gasteiger partial charge in [0.2, 0.25) is 0 Å². The maximum atomic E-state index is 13.0. The molecule has 0 saturated carbocycles. The minimum absolute atomic E-state index is 0.0946. The Labute approximate surface area is 161 Å². The second-order valence-corrected chi connectivity index (χ2v) is 6.80. The summed E-state index contributed by atoms with van der Waals surface area (Å²) in [6.07, 6.45) is 3.33. The molecule has 1 aromatic carbocycles. The van der Waals surface area contributed by atoms with Crippen LogP contribution in [-0.2, 0) is 0 Å². The van der Waals surface area contributed by atoms with E-state index < -0.39 is 0 Å². The summed E-state index contributed by atoms with van der Waals surface area (Å²) in [6.45, 7) is 4.00. The topological polar surface area (TPSA) is 60.2 Å². The fourth-order valence-corrected chi connectivity index (χ4v) is 3.88. The number of benzene rings is 1. The Bertz CT molecular complexity index is 1130. The summed E-state index contributed by atoms with van der Waals surface area (Å²) < 4.78 is 7.32. The Hall–Kier alpha value is -2.93. The predicted molar refractivity (Wildman–Crippen MR) is 113 cm³/mol. The first-order valence-electron chi connectivity index (χ1n) is 8.71. The van der Waals surface area contributed by atoms with Gasteiger partial charge in [0, 0.05) is 20.3 Å². The monoisotopic (exact) mass is 382 g/mol. The van der Waals surface area contributed by atoms with Gasteiger partial charge in [0.25, 0.3) is 5.56 Å². The summed E-state index contributed by atoms with van der Waals surface area (Å²) >= 11 is 1.38. The molecule has 0 aliphatic heterocycles. The molecule has 0 aliphatic carbocycles. The van der Waals surface area contributed by atoms with E-state index in [0.29, 0.717) is 10.2 Å². The van der Waals surface area contributed by atoms with Crippen molar-refractivity contribution in [3.63, 3.8) is 0 Å². The Kier molecular flexibility index (Phi) is 5.41. The molecule has 140 valence electrons. The zero-order chi connectivity index (χ0) is 19.6. The van der Waals surface area contributed by atoms with E-state index in [2.05, 4.69) is 9.97 Å². The maximum absolute atomic E-state index is 13.0. The van der Waals surface area contributed by atoms with E-state index in [-0.39, 0.29) is 5.56 Å². The third-order valence-electron chi connectivity index (χ3n) is 4.09. The van der Waals surface area contributed by atoms with E-state index in [4.69, 9.17) is 4.74 Å². The van der Waals surface area contributed by atoms with Gasteiger partial charge in [-0.25, -0.2) is 9.97 Å². The summed E-state index contributed by atoms with van der Waals surface area (Å²) in [4.78, 5) is 24.8. The predicted octanol–water partition coefficient (Wildman–Crippen LogP) is 4.10. The lowest BCUT2D eigenvalue weighted by Crippen LogP contribution is -2.17. The van der Waals surface area contributed by atoms with Crippen molar-refractivity contribution in [2.75, 3.05) is 26.1 Å². The molecule has 4 rings (SSSR count). The Morgan fingerprint density at radius 1 is 1.07 bits per heavy atom. The van der Waals surface area contributed by atoms with Gasteiger partial charge in [-0.05, 0) is 30.3 Å². The number of thiophene rings is 1. The molecule has 0 aliphatic rings. The summed E-state index contributed by atoms with van der Waals surface area (Å²) in [5.74, 6) is 0.743. The van der Waals surface area contributed by atoms with Gasteiger partial charge < -0.3 is 9.64 Å². The highest BCUT2D eigenvalue weighted by atomic mass is 32.1. The number of anilines is 1. The lowest BCUT2D eigenvalue weighted by molar-refractivity contribution is 0.414. The van der Waals surface area contributed by atoms with Gasteiger partial charge in [0.05, 0.1) is 29.4 Å². The molecule has 0 unspecified atom stereocenters. The molecule has 0 amide bonds. The van der Waals surface area contributed by atoms with Crippen molar-refractivity contribution < 1.29 is 4.74 Å². The smallest absolute Gasteiger partial charge is 0.275 e. The zero-order valence-corrected chi connectivity index (χ0v) is 16.9. The van der Waals surface area contributed by atoms with Crippen molar-refractivity contribution in [1.82, 2.24) is 14.5 Å². The number of ether oxygens (including phenoxy) is 1. The third-order valence-corrected chi connectivity index (χ3v) is 5.17. The molecular weight excluding hydrogens is 360 g/mol. The number of aromatic nitrogens is 3. The van der Waals surface area contributed by atoms with Crippen LogP contribution in [0.4, 0.5) is 5.69 Å². The average molecular weight is 382 g/mol. The maximum Gasteiger partial charge on any atom is 0.275 e. The highest BCUT2D eigenvalue weighted by Crippen LogP contribution is 2.35. The molecule has 0 bridgehead atoms. The van der Waals surface area contributed by atoms with E-state index in [9.17, 15) is 4.79 Å². The van der Waals surface area contributed by atoms with E-state index in [1.807, 2.05) is 63.2 Å². The largest absolute Gasteiger partial charge is 0.497 e. The van der Waals surface area contributed by atoms with Gasteiger partial charge in [-0.1, -0.05) is 13.8 Å². The molecule has 7 heteroatoms. The first-order valence-corrected chi connectivity index (χ1v) is 9.52. The highest BCUT2D eigenvalue weighted by Gasteiger charge is 2.16. The molecule has 0 saturated heterocycles. The summed E-state index contributed by atoms with van der Waals surface area (Å²) in [7, 11) is 5.55. The first kappa shape index (κ1) is 18.8. The highest BCUT2D eigenvalue weighted by molar-refractivity contribution is 7.25. The van der Waals surface area contributed by atoms with Crippen molar-refractivity contribution >= 4 is 37.5 Å².